The Morgan fingerprint density at radius 3 is 2.50 bits per heavy atom. The molecule has 1 heterocycles. The molecule has 1 saturated heterocycles. The summed E-state index contributed by atoms with van der Waals surface area (Å²) in [6, 6.07) is 0.580. The molecule has 0 bridgehead atoms. The minimum Gasteiger partial charge on any atom is -0.338 e. The van der Waals surface area contributed by atoms with E-state index in [9.17, 15) is 4.79 Å². The Bertz CT molecular complexity index is 248. The number of amides is 1. The minimum absolute atomic E-state index is 0.0445. The van der Waals surface area contributed by atoms with Gasteiger partial charge in [-0.05, 0) is 38.6 Å². The summed E-state index contributed by atoms with van der Waals surface area (Å²) in [5, 5.41) is 3.21. The lowest BCUT2D eigenvalue weighted by molar-refractivity contribution is -0.135. The fourth-order valence-electron chi connectivity index (χ4n) is 3.27. The zero-order chi connectivity index (χ0) is 11.5. The normalized spacial score (nSPS) is 33.1. The monoisotopic (exact) mass is 224 g/mol. The van der Waals surface area contributed by atoms with E-state index in [1.807, 2.05) is 7.05 Å². The Hall–Kier alpha value is -0.570. The topological polar surface area (TPSA) is 32.3 Å². The van der Waals surface area contributed by atoms with Gasteiger partial charge in [-0.1, -0.05) is 19.8 Å². The quantitative estimate of drug-likeness (QED) is 0.775. The van der Waals surface area contributed by atoms with Crippen molar-refractivity contribution in [3.05, 3.63) is 0 Å². The summed E-state index contributed by atoms with van der Waals surface area (Å²) in [6.07, 6.45) is 7.37. The molecule has 3 nitrogen and oxygen atoms in total. The van der Waals surface area contributed by atoms with E-state index in [1.165, 1.54) is 38.5 Å². The molecule has 2 atom stereocenters. The van der Waals surface area contributed by atoms with Crippen molar-refractivity contribution in [3.63, 3.8) is 0 Å². The van der Waals surface area contributed by atoms with Crippen LogP contribution in [0.3, 0.4) is 0 Å². The number of nitrogens with one attached hydrogen (secondary N) is 1. The van der Waals surface area contributed by atoms with Crippen LogP contribution < -0.4 is 5.32 Å². The van der Waals surface area contributed by atoms with Crippen LogP contribution in [-0.4, -0.2) is 36.5 Å². The highest BCUT2D eigenvalue weighted by atomic mass is 16.2. The van der Waals surface area contributed by atoms with Crippen molar-refractivity contribution in [2.24, 2.45) is 5.92 Å². The molecule has 0 radical (unpaired) electrons. The Kier molecular flexibility index (Phi) is 3.85. The maximum Gasteiger partial charge on any atom is 0.240 e. The summed E-state index contributed by atoms with van der Waals surface area (Å²) in [6.45, 7) is 3.17. The first-order valence-electron chi connectivity index (χ1n) is 6.71. The van der Waals surface area contributed by atoms with Crippen LogP contribution in [0.1, 0.15) is 45.4 Å². The maximum atomic E-state index is 12.4. The molecule has 1 amide bonds. The number of carbonyl (C=O) groups is 1. The van der Waals surface area contributed by atoms with Gasteiger partial charge >= 0.3 is 0 Å². The molecule has 0 spiro atoms. The first-order valence-corrected chi connectivity index (χ1v) is 6.71. The molecule has 1 aliphatic carbocycles. The first kappa shape index (κ1) is 11.9. The van der Waals surface area contributed by atoms with Crippen molar-refractivity contribution in [2.45, 2.75) is 57.5 Å². The van der Waals surface area contributed by atoms with E-state index in [-0.39, 0.29) is 6.04 Å². The van der Waals surface area contributed by atoms with Gasteiger partial charge in [0.1, 0.15) is 0 Å². The summed E-state index contributed by atoms with van der Waals surface area (Å²) < 4.78 is 0. The molecule has 1 aliphatic heterocycles. The highest BCUT2D eigenvalue weighted by Crippen LogP contribution is 2.27. The molecule has 1 saturated carbocycles. The van der Waals surface area contributed by atoms with Gasteiger partial charge in [0, 0.05) is 12.6 Å². The number of rotatable bonds is 2. The molecule has 0 aromatic carbocycles. The number of hydrogen-bond acceptors (Lipinski definition) is 2. The predicted octanol–water partition coefficient (Wildman–Crippen LogP) is 1.78. The second-order valence-electron chi connectivity index (χ2n) is 5.36. The van der Waals surface area contributed by atoms with Gasteiger partial charge in [0.15, 0.2) is 0 Å². The lowest BCUT2D eigenvalue weighted by Gasteiger charge is -2.31. The number of carbonyl (C=O) groups excluding carboxylic acids is 1. The summed E-state index contributed by atoms with van der Waals surface area (Å²) in [7, 11) is 1.91. The molecule has 2 aliphatic rings. The van der Waals surface area contributed by atoms with E-state index in [2.05, 4.69) is 17.1 Å². The van der Waals surface area contributed by atoms with Gasteiger partial charge < -0.3 is 10.2 Å². The lowest BCUT2D eigenvalue weighted by Crippen LogP contribution is -2.49. The number of nitrogens with zero attached hydrogens (tertiary/aromatic N) is 1. The van der Waals surface area contributed by atoms with Crippen LogP contribution in [-0.2, 0) is 4.79 Å². The van der Waals surface area contributed by atoms with Crippen molar-refractivity contribution in [2.75, 3.05) is 13.6 Å². The van der Waals surface area contributed by atoms with Gasteiger partial charge in [0.05, 0.1) is 6.04 Å². The van der Waals surface area contributed by atoms with Gasteiger partial charge in [-0.3, -0.25) is 4.79 Å². The second kappa shape index (κ2) is 5.17. The number of hydrogen-bond donors (Lipinski definition) is 1. The van der Waals surface area contributed by atoms with E-state index in [4.69, 9.17) is 0 Å². The van der Waals surface area contributed by atoms with E-state index in [0.29, 0.717) is 17.9 Å². The average Bonchev–Trinajstić information content (AvgIpc) is 2.74. The fraction of sp³-hybridized carbons (Fsp3) is 0.923. The summed E-state index contributed by atoms with van der Waals surface area (Å²) in [4.78, 5) is 14.6. The van der Waals surface area contributed by atoms with E-state index in [0.717, 1.165) is 6.54 Å². The molecular weight excluding hydrogens is 200 g/mol. The van der Waals surface area contributed by atoms with E-state index >= 15 is 0 Å². The van der Waals surface area contributed by atoms with E-state index < -0.39 is 0 Å². The molecule has 2 fully saturated rings. The maximum absolute atomic E-state index is 12.4. The largest absolute Gasteiger partial charge is 0.338 e. The Morgan fingerprint density at radius 1 is 1.19 bits per heavy atom. The first-order chi connectivity index (χ1) is 7.74. The summed E-state index contributed by atoms with van der Waals surface area (Å²) in [5.74, 6) is 0.823. The zero-order valence-electron chi connectivity index (χ0n) is 10.5. The van der Waals surface area contributed by atoms with Crippen LogP contribution in [0, 0.1) is 5.92 Å². The molecule has 1 N–H and O–H groups in total. The van der Waals surface area contributed by atoms with Crippen molar-refractivity contribution < 1.29 is 4.79 Å². The predicted molar refractivity (Wildman–Crippen MR) is 65.2 cm³/mol. The molecule has 16 heavy (non-hydrogen) atoms. The Labute approximate surface area is 98.6 Å². The second-order valence-corrected chi connectivity index (χ2v) is 5.36. The summed E-state index contributed by atoms with van der Waals surface area (Å²) in [5.41, 5.74) is 0. The number of likely N-dealkylation sites (N-methyl/N-ethyl adjacent to an activating group) is 1. The molecule has 92 valence electrons. The third kappa shape index (κ3) is 2.24. The molecule has 2 unspecified atom stereocenters. The van der Waals surface area contributed by atoms with Crippen LogP contribution >= 0.6 is 0 Å². The Morgan fingerprint density at radius 2 is 1.88 bits per heavy atom. The van der Waals surface area contributed by atoms with Crippen molar-refractivity contribution in [3.8, 4) is 0 Å². The van der Waals surface area contributed by atoms with Gasteiger partial charge in [0.25, 0.3) is 0 Å². The zero-order valence-corrected chi connectivity index (χ0v) is 10.5. The fourth-order valence-corrected chi connectivity index (χ4v) is 3.27. The molecule has 3 heteroatoms. The molecule has 0 aromatic heterocycles. The highest BCUT2D eigenvalue weighted by Gasteiger charge is 2.35. The third-order valence-corrected chi connectivity index (χ3v) is 4.25. The van der Waals surface area contributed by atoms with Crippen LogP contribution in [0.4, 0.5) is 0 Å². The van der Waals surface area contributed by atoms with Crippen LogP contribution in [0.25, 0.3) is 0 Å². The van der Waals surface area contributed by atoms with Crippen LogP contribution in [0.15, 0.2) is 0 Å². The van der Waals surface area contributed by atoms with Gasteiger partial charge in [-0.2, -0.15) is 0 Å². The molecule has 0 aromatic rings. The van der Waals surface area contributed by atoms with E-state index in [1.54, 1.807) is 0 Å². The smallest absolute Gasteiger partial charge is 0.240 e. The highest BCUT2D eigenvalue weighted by molar-refractivity contribution is 5.82. The summed E-state index contributed by atoms with van der Waals surface area (Å²) >= 11 is 0. The van der Waals surface area contributed by atoms with Crippen molar-refractivity contribution in [1.82, 2.24) is 10.2 Å². The van der Waals surface area contributed by atoms with Gasteiger partial charge in [-0.25, -0.2) is 0 Å². The van der Waals surface area contributed by atoms with Crippen LogP contribution in [0.5, 0.6) is 0 Å². The van der Waals surface area contributed by atoms with Crippen molar-refractivity contribution in [1.29, 1.82) is 0 Å². The standard InChI is InChI=1S/C13H24N2O/c1-10-6-5-9-15(11-7-3-4-8-11)13(16)12(10)14-2/h10-12,14H,3-9H2,1-2H3. The lowest BCUT2D eigenvalue weighted by atomic mass is 9.97. The minimum atomic E-state index is 0.0445. The van der Waals surface area contributed by atoms with Gasteiger partial charge in [0.2, 0.25) is 5.91 Å². The van der Waals surface area contributed by atoms with Gasteiger partial charge in [-0.15, -0.1) is 0 Å². The average molecular weight is 224 g/mol. The molecule has 2 rings (SSSR count). The molecular formula is C13H24N2O. The van der Waals surface area contributed by atoms with Crippen molar-refractivity contribution >= 4 is 5.91 Å². The SMILES string of the molecule is CNC1C(=O)N(C2CCCC2)CCCC1C. The number of likely N-dealkylation sites (tertiary alicyclic amines) is 1. The van der Waals surface area contributed by atoms with Crippen LogP contribution in [0.2, 0.25) is 0 Å². The Balaban J connectivity index is 2.09. The third-order valence-electron chi connectivity index (χ3n) is 4.25.